The molecule has 0 aliphatic carbocycles. The molecule has 0 aromatic heterocycles. The Bertz CT molecular complexity index is 554. The molecule has 112 valence electrons. The number of nitrogens with one attached hydrogen (secondary N) is 1. The number of hydrogen-bond donors (Lipinski definition) is 2. The minimum Gasteiger partial charge on any atom is -0.497 e. The molecule has 4 nitrogen and oxygen atoms in total. The van der Waals surface area contributed by atoms with E-state index in [1.165, 1.54) is 0 Å². The number of ether oxygens (including phenoxy) is 2. The average Bonchev–Trinajstić information content (AvgIpc) is 2.53. The molecule has 4 heteroatoms. The van der Waals surface area contributed by atoms with Gasteiger partial charge in [-0.05, 0) is 36.8 Å². The van der Waals surface area contributed by atoms with Crippen molar-refractivity contribution in [2.24, 2.45) is 0 Å². The molecule has 1 unspecified atom stereocenters. The summed E-state index contributed by atoms with van der Waals surface area (Å²) in [4.78, 5) is 0. The lowest BCUT2D eigenvalue weighted by Gasteiger charge is -2.14. The monoisotopic (exact) mass is 287 g/mol. The Hall–Kier alpha value is -2.20. The van der Waals surface area contributed by atoms with Gasteiger partial charge in [0.15, 0.2) is 0 Å². The Morgan fingerprint density at radius 3 is 2.52 bits per heavy atom. The molecular formula is C17H21NO3. The maximum Gasteiger partial charge on any atom is 0.121 e. The molecule has 0 aliphatic heterocycles. The Balaban J connectivity index is 1.93. The van der Waals surface area contributed by atoms with Crippen molar-refractivity contribution in [2.75, 3.05) is 25.6 Å². The molecule has 1 atom stereocenters. The number of hydrogen-bond acceptors (Lipinski definition) is 4. The van der Waals surface area contributed by atoms with Gasteiger partial charge in [-0.2, -0.15) is 0 Å². The second-order valence-electron chi connectivity index (χ2n) is 4.63. The zero-order valence-corrected chi connectivity index (χ0v) is 12.4. The molecule has 0 bridgehead atoms. The maximum atomic E-state index is 10.2. The van der Waals surface area contributed by atoms with Gasteiger partial charge in [0.05, 0.1) is 19.8 Å². The highest BCUT2D eigenvalue weighted by molar-refractivity contribution is 5.48. The smallest absolute Gasteiger partial charge is 0.121 e. The van der Waals surface area contributed by atoms with Gasteiger partial charge in [-0.1, -0.05) is 18.2 Å². The lowest BCUT2D eigenvalue weighted by molar-refractivity contribution is 0.191. The summed E-state index contributed by atoms with van der Waals surface area (Å²) in [5.74, 6) is 1.60. The summed E-state index contributed by atoms with van der Waals surface area (Å²) in [6, 6.07) is 15.1. The summed E-state index contributed by atoms with van der Waals surface area (Å²) in [6.07, 6.45) is -0.577. The maximum absolute atomic E-state index is 10.2. The summed E-state index contributed by atoms with van der Waals surface area (Å²) in [5, 5.41) is 13.4. The summed E-state index contributed by atoms with van der Waals surface area (Å²) in [5.41, 5.74) is 1.78. The van der Waals surface area contributed by atoms with Crippen LogP contribution in [0.25, 0.3) is 0 Å². The number of methoxy groups -OCH3 is 1. The summed E-state index contributed by atoms with van der Waals surface area (Å²) in [7, 11) is 1.62. The fraction of sp³-hybridized carbons (Fsp3) is 0.294. The van der Waals surface area contributed by atoms with Gasteiger partial charge in [0.2, 0.25) is 0 Å². The van der Waals surface area contributed by atoms with Gasteiger partial charge < -0.3 is 19.9 Å². The first kappa shape index (κ1) is 15.2. The molecule has 0 spiro atoms. The lowest BCUT2D eigenvalue weighted by Crippen LogP contribution is -2.12. The summed E-state index contributed by atoms with van der Waals surface area (Å²) < 4.78 is 10.6. The van der Waals surface area contributed by atoms with E-state index in [9.17, 15) is 5.11 Å². The van der Waals surface area contributed by atoms with Crippen molar-refractivity contribution in [2.45, 2.75) is 13.0 Å². The lowest BCUT2D eigenvalue weighted by atomic mass is 10.1. The molecule has 0 saturated heterocycles. The molecule has 2 aromatic carbocycles. The number of benzene rings is 2. The van der Waals surface area contributed by atoms with Crippen molar-refractivity contribution >= 4 is 5.69 Å². The first-order chi connectivity index (χ1) is 10.2. The molecule has 2 aromatic rings. The highest BCUT2D eigenvalue weighted by Crippen LogP contribution is 2.20. The molecule has 21 heavy (non-hydrogen) atoms. The van der Waals surface area contributed by atoms with E-state index in [-0.39, 0.29) is 0 Å². The van der Waals surface area contributed by atoms with Gasteiger partial charge in [0.1, 0.15) is 11.5 Å². The minimum atomic E-state index is -0.577. The largest absolute Gasteiger partial charge is 0.497 e. The number of aliphatic hydroxyl groups excluding tert-OH is 1. The Labute approximate surface area is 125 Å². The fourth-order valence-corrected chi connectivity index (χ4v) is 2.02. The van der Waals surface area contributed by atoms with Crippen LogP contribution in [0.5, 0.6) is 11.5 Å². The number of rotatable bonds is 7. The van der Waals surface area contributed by atoms with Gasteiger partial charge in [-0.25, -0.2) is 0 Å². The van der Waals surface area contributed by atoms with Crippen molar-refractivity contribution in [1.29, 1.82) is 0 Å². The topological polar surface area (TPSA) is 50.7 Å². The van der Waals surface area contributed by atoms with E-state index in [4.69, 9.17) is 9.47 Å². The van der Waals surface area contributed by atoms with E-state index < -0.39 is 6.10 Å². The predicted octanol–water partition coefficient (Wildman–Crippen LogP) is 3.24. The first-order valence-corrected chi connectivity index (χ1v) is 7.01. The van der Waals surface area contributed by atoms with Crippen LogP contribution in [-0.2, 0) is 0 Å². The van der Waals surface area contributed by atoms with Gasteiger partial charge in [-0.15, -0.1) is 0 Å². The third-order valence-corrected chi connectivity index (χ3v) is 3.15. The van der Waals surface area contributed by atoms with E-state index in [0.29, 0.717) is 13.2 Å². The summed E-state index contributed by atoms with van der Waals surface area (Å²) in [6.45, 7) is 3.02. The van der Waals surface area contributed by atoms with E-state index in [1.54, 1.807) is 7.11 Å². The SMILES string of the molecule is CCOc1cccc(NCC(O)c2ccc(OC)cc2)c1. The van der Waals surface area contributed by atoms with Gasteiger partial charge in [0, 0.05) is 18.3 Å². The number of anilines is 1. The molecule has 0 radical (unpaired) electrons. The zero-order chi connectivity index (χ0) is 15.1. The zero-order valence-electron chi connectivity index (χ0n) is 12.4. The molecule has 0 aliphatic rings. The van der Waals surface area contributed by atoms with Crippen LogP contribution in [0.3, 0.4) is 0 Å². The van der Waals surface area contributed by atoms with Crippen molar-refractivity contribution in [3.8, 4) is 11.5 Å². The van der Waals surface area contributed by atoms with Crippen molar-refractivity contribution < 1.29 is 14.6 Å². The molecule has 0 fully saturated rings. The normalized spacial score (nSPS) is 11.8. The Morgan fingerprint density at radius 2 is 1.86 bits per heavy atom. The third-order valence-electron chi connectivity index (χ3n) is 3.15. The molecule has 0 saturated carbocycles. The van der Waals surface area contributed by atoms with Crippen LogP contribution in [-0.4, -0.2) is 25.4 Å². The van der Waals surface area contributed by atoms with Crippen LogP contribution in [0.4, 0.5) is 5.69 Å². The van der Waals surface area contributed by atoms with Crippen molar-refractivity contribution in [3.63, 3.8) is 0 Å². The van der Waals surface area contributed by atoms with Crippen LogP contribution in [0.1, 0.15) is 18.6 Å². The Kier molecular flexibility index (Phi) is 5.46. The number of aliphatic hydroxyl groups is 1. The minimum absolute atomic E-state index is 0.432. The molecule has 0 heterocycles. The first-order valence-electron chi connectivity index (χ1n) is 7.01. The Morgan fingerprint density at radius 1 is 1.10 bits per heavy atom. The predicted molar refractivity (Wildman–Crippen MR) is 84.1 cm³/mol. The average molecular weight is 287 g/mol. The standard InChI is InChI=1S/C17H21NO3/c1-3-21-16-6-4-5-14(11-16)18-12-17(19)13-7-9-15(20-2)10-8-13/h4-11,17-19H,3,12H2,1-2H3. The molecule has 2 N–H and O–H groups in total. The van der Waals surface area contributed by atoms with Crippen LogP contribution in [0, 0.1) is 0 Å². The highest BCUT2D eigenvalue weighted by atomic mass is 16.5. The van der Waals surface area contributed by atoms with Gasteiger partial charge in [-0.3, -0.25) is 0 Å². The van der Waals surface area contributed by atoms with Crippen molar-refractivity contribution in [1.82, 2.24) is 0 Å². The van der Waals surface area contributed by atoms with Crippen LogP contribution in [0.2, 0.25) is 0 Å². The van der Waals surface area contributed by atoms with E-state index in [1.807, 2.05) is 55.5 Å². The molecular weight excluding hydrogens is 266 g/mol. The van der Waals surface area contributed by atoms with E-state index in [0.717, 1.165) is 22.7 Å². The van der Waals surface area contributed by atoms with Crippen LogP contribution < -0.4 is 14.8 Å². The highest BCUT2D eigenvalue weighted by Gasteiger charge is 2.07. The van der Waals surface area contributed by atoms with Crippen molar-refractivity contribution in [3.05, 3.63) is 54.1 Å². The van der Waals surface area contributed by atoms with Crippen LogP contribution in [0.15, 0.2) is 48.5 Å². The van der Waals surface area contributed by atoms with E-state index >= 15 is 0 Å². The summed E-state index contributed by atoms with van der Waals surface area (Å²) >= 11 is 0. The second kappa shape index (κ2) is 7.55. The second-order valence-corrected chi connectivity index (χ2v) is 4.63. The third kappa shape index (κ3) is 4.39. The van der Waals surface area contributed by atoms with Crippen LogP contribution >= 0.6 is 0 Å². The fourth-order valence-electron chi connectivity index (χ4n) is 2.02. The van der Waals surface area contributed by atoms with E-state index in [2.05, 4.69) is 5.32 Å². The quantitative estimate of drug-likeness (QED) is 0.821. The molecule has 2 rings (SSSR count). The van der Waals surface area contributed by atoms with Gasteiger partial charge in [0.25, 0.3) is 0 Å². The van der Waals surface area contributed by atoms with Gasteiger partial charge >= 0.3 is 0 Å². The molecule has 0 amide bonds.